The van der Waals surface area contributed by atoms with Crippen molar-refractivity contribution in [1.82, 2.24) is 9.80 Å². The SMILES string of the molecule is COCCN(C(C)C)C1(CN)CN2CCC1CC2. The first-order chi connectivity index (χ1) is 8.64. The summed E-state index contributed by atoms with van der Waals surface area (Å²) < 4.78 is 5.29. The molecule has 3 aliphatic rings. The predicted molar refractivity (Wildman–Crippen MR) is 74.7 cm³/mol. The lowest BCUT2D eigenvalue weighted by Gasteiger charge is -2.59. The third-order valence-electron chi connectivity index (χ3n) is 4.93. The summed E-state index contributed by atoms with van der Waals surface area (Å²) >= 11 is 0. The Hall–Kier alpha value is -0.160. The maximum absolute atomic E-state index is 6.23. The summed E-state index contributed by atoms with van der Waals surface area (Å²) in [4.78, 5) is 5.20. The molecule has 4 heteroatoms. The number of hydrogen-bond acceptors (Lipinski definition) is 4. The maximum Gasteiger partial charge on any atom is 0.0590 e. The molecule has 106 valence electrons. The van der Waals surface area contributed by atoms with Gasteiger partial charge in [-0.3, -0.25) is 4.90 Å². The lowest BCUT2D eigenvalue weighted by molar-refractivity contribution is -0.0860. The molecule has 1 atom stereocenters. The van der Waals surface area contributed by atoms with Crippen molar-refractivity contribution in [3.63, 3.8) is 0 Å². The van der Waals surface area contributed by atoms with E-state index in [2.05, 4.69) is 23.6 Å². The molecule has 18 heavy (non-hydrogen) atoms. The van der Waals surface area contributed by atoms with E-state index in [-0.39, 0.29) is 5.54 Å². The van der Waals surface area contributed by atoms with Gasteiger partial charge in [-0.05, 0) is 45.7 Å². The van der Waals surface area contributed by atoms with Gasteiger partial charge in [-0.15, -0.1) is 0 Å². The second-order valence-electron chi connectivity index (χ2n) is 6.14. The minimum Gasteiger partial charge on any atom is -0.383 e. The topological polar surface area (TPSA) is 41.7 Å². The number of hydrogen-bond donors (Lipinski definition) is 1. The Bertz CT molecular complexity index is 264. The van der Waals surface area contributed by atoms with Gasteiger partial charge in [0.25, 0.3) is 0 Å². The van der Waals surface area contributed by atoms with Gasteiger partial charge in [0.1, 0.15) is 0 Å². The lowest BCUT2D eigenvalue weighted by atomic mass is 9.71. The summed E-state index contributed by atoms with van der Waals surface area (Å²) in [5.41, 5.74) is 6.41. The van der Waals surface area contributed by atoms with Gasteiger partial charge in [0.05, 0.1) is 6.61 Å². The molecular weight excluding hydrogens is 226 g/mol. The normalized spacial score (nSPS) is 35.7. The van der Waals surface area contributed by atoms with Crippen molar-refractivity contribution < 1.29 is 4.74 Å². The largest absolute Gasteiger partial charge is 0.383 e. The number of rotatable bonds is 6. The predicted octanol–water partition coefficient (Wildman–Crippen LogP) is 0.766. The van der Waals surface area contributed by atoms with Crippen LogP contribution >= 0.6 is 0 Å². The molecule has 3 aliphatic heterocycles. The Morgan fingerprint density at radius 3 is 2.44 bits per heavy atom. The van der Waals surface area contributed by atoms with E-state index in [1.54, 1.807) is 7.11 Å². The van der Waals surface area contributed by atoms with Crippen molar-refractivity contribution in [3.05, 3.63) is 0 Å². The van der Waals surface area contributed by atoms with E-state index in [1.165, 1.54) is 25.9 Å². The van der Waals surface area contributed by atoms with Gasteiger partial charge < -0.3 is 15.4 Å². The molecule has 0 aromatic heterocycles. The molecule has 0 aliphatic carbocycles. The highest BCUT2D eigenvalue weighted by Gasteiger charge is 2.49. The van der Waals surface area contributed by atoms with Crippen LogP contribution in [0.5, 0.6) is 0 Å². The van der Waals surface area contributed by atoms with Crippen molar-refractivity contribution in [2.75, 3.05) is 46.4 Å². The fourth-order valence-corrected chi connectivity index (χ4v) is 4.00. The summed E-state index contributed by atoms with van der Waals surface area (Å²) in [6, 6.07) is 0.532. The summed E-state index contributed by atoms with van der Waals surface area (Å²) in [5.74, 6) is 0.770. The van der Waals surface area contributed by atoms with Crippen LogP contribution in [0.25, 0.3) is 0 Å². The van der Waals surface area contributed by atoms with Gasteiger partial charge in [-0.25, -0.2) is 0 Å². The molecule has 0 spiro atoms. The van der Waals surface area contributed by atoms with Crippen LogP contribution in [-0.2, 0) is 4.74 Å². The first kappa shape index (κ1) is 14.3. The van der Waals surface area contributed by atoms with E-state index in [0.29, 0.717) is 6.04 Å². The first-order valence-corrected chi connectivity index (χ1v) is 7.32. The van der Waals surface area contributed by atoms with Crippen LogP contribution in [-0.4, -0.2) is 67.8 Å². The third-order valence-corrected chi connectivity index (χ3v) is 4.93. The highest BCUT2D eigenvalue weighted by Crippen LogP contribution is 2.40. The van der Waals surface area contributed by atoms with E-state index < -0.39 is 0 Å². The molecule has 3 rings (SSSR count). The average molecular weight is 255 g/mol. The highest BCUT2D eigenvalue weighted by molar-refractivity contribution is 5.06. The Balaban J connectivity index is 2.18. The van der Waals surface area contributed by atoms with E-state index in [9.17, 15) is 0 Å². The second kappa shape index (κ2) is 5.87. The monoisotopic (exact) mass is 255 g/mol. The Morgan fingerprint density at radius 2 is 2.06 bits per heavy atom. The zero-order valence-electron chi connectivity index (χ0n) is 12.2. The van der Waals surface area contributed by atoms with Crippen LogP contribution < -0.4 is 5.73 Å². The van der Waals surface area contributed by atoms with E-state index in [4.69, 9.17) is 10.5 Å². The number of piperidine rings is 3. The van der Waals surface area contributed by atoms with Gasteiger partial charge >= 0.3 is 0 Å². The lowest BCUT2D eigenvalue weighted by Crippen LogP contribution is -2.71. The minimum absolute atomic E-state index is 0.184. The highest BCUT2D eigenvalue weighted by atomic mass is 16.5. The molecule has 2 bridgehead atoms. The quantitative estimate of drug-likeness (QED) is 0.761. The average Bonchev–Trinajstić information content (AvgIpc) is 2.40. The van der Waals surface area contributed by atoms with E-state index >= 15 is 0 Å². The molecule has 4 nitrogen and oxygen atoms in total. The van der Waals surface area contributed by atoms with Crippen molar-refractivity contribution in [1.29, 1.82) is 0 Å². The van der Waals surface area contributed by atoms with Crippen molar-refractivity contribution in [3.8, 4) is 0 Å². The van der Waals surface area contributed by atoms with Crippen LogP contribution in [0.3, 0.4) is 0 Å². The van der Waals surface area contributed by atoms with Crippen LogP contribution in [0, 0.1) is 5.92 Å². The summed E-state index contributed by atoms with van der Waals surface area (Å²) in [7, 11) is 1.78. The zero-order valence-corrected chi connectivity index (χ0v) is 12.2. The summed E-state index contributed by atoms with van der Waals surface area (Å²) in [6.07, 6.45) is 2.63. The maximum atomic E-state index is 6.23. The van der Waals surface area contributed by atoms with Gasteiger partial charge in [0.15, 0.2) is 0 Å². The standard InChI is InChI=1S/C14H29N3O/c1-12(2)17(8-9-18-3)14(10-15)11-16-6-4-13(14)5-7-16/h12-13H,4-11,15H2,1-3H3. The van der Waals surface area contributed by atoms with Crippen molar-refractivity contribution in [2.45, 2.75) is 38.3 Å². The fourth-order valence-electron chi connectivity index (χ4n) is 4.00. The van der Waals surface area contributed by atoms with Crippen LogP contribution in [0.2, 0.25) is 0 Å². The Kier molecular flexibility index (Phi) is 4.64. The van der Waals surface area contributed by atoms with Gasteiger partial charge in [-0.1, -0.05) is 0 Å². The number of nitrogens with two attached hydrogens (primary N) is 1. The number of methoxy groups -OCH3 is 1. The van der Waals surface area contributed by atoms with Crippen LogP contribution in [0.4, 0.5) is 0 Å². The Morgan fingerprint density at radius 1 is 1.39 bits per heavy atom. The Labute approximate surface area is 111 Å². The molecule has 1 unspecified atom stereocenters. The smallest absolute Gasteiger partial charge is 0.0590 e. The molecule has 0 aromatic carbocycles. The van der Waals surface area contributed by atoms with Crippen molar-refractivity contribution in [2.24, 2.45) is 11.7 Å². The summed E-state index contributed by atoms with van der Waals surface area (Å²) in [6.45, 7) is 10.8. The molecule has 2 N–H and O–H groups in total. The first-order valence-electron chi connectivity index (χ1n) is 7.32. The molecule has 0 amide bonds. The number of fused-ring (bicyclic) bond motifs is 3. The molecule has 3 fully saturated rings. The van der Waals surface area contributed by atoms with Gasteiger partial charge in [0.2, 0.25) is 0 Å². The molecule has 0 saturated carbocycles. The van der Waals surface area contributed by atoms with Crippen LogP contribution in [0.1, 0.15) is 26.7 Å². The van der Waals surface area contributed by atoms with E-state index in [1.807, 2.05) is 0 Å². The fraction of sp³-hybridized carbons (Fsp3) is 1.00. The molecule has 3 saturated heterocycles. The molecule has 0 radical (unpaired) electrons. The number of nitrogens with zero attached hydrogens (tertiary/aromatic N) is 2. The molecule has 3 heterocycles. The molecular formula is C14H29N3O. The van der Waals surface area contributed by atoms with Gasteiger partial charge in [-0.2, -0.15) is 0 Å². The minimum atomic E-state index is 0.184. The third kappa shape index (κ3) is 2.44. The van der Waals surface area contributed by atoms with Crippen LogP contribution in [0.15, 0.2) is 0 Å². The number of ether oxygens (including phenoxy) is 1. The summed E-state index contributed by atoms with van der Waals surface area (Å²) in [5, 5.41) is 0. The second-order valence-corrected chi connectivity index (χ2v) is 6.14. The molecule has 0 aromatic rings. The zero-order chi connectivity index (χ0) is 13.2. The van der Waals surface area contributed by atoms with Crippen molar-refractivity contribution >= 4 is 0 Å². The van der Waals surface area contributed by atoms with Gasteiger partial charge in [0, 0.05) is 38.3 Å². The van der Waals surface area contributed by atoms with E-state index in [0.717, 1.165) is 32.2 Å².